The molecule has 0 radical (unpaired) electrons. The minimum Gasteiger partial charge on any atom is -0.350 e. The summed E-state index contributed by atoms with van der Waals surface area (Å²) in [5, 5.41) is 3.87. The molecule has 122 valence electrons. The molecule has 1 amide bonds. The van der Waals surface area contributed by atoms with E-state index in [-0.39, 0.29) is 12.5 Å². The second-order valence-corrected chi connectivity index (χ2v) is 5.92. The molecule has 5 heteroatoms. The van der Waals surface area contributed by atoms with Crippen molar-refractivity contribution in [1.82, 2.24) is 9.97 Å². The second kappa shape index (κ2) is 6.66. The SMILES string of the molecule is Cc1ccc(NC(=O)CN(C)c2ncnc3ccccc23)cc1C. The van der Waals surface area contributed by atoms with Crippen molar-refractivity contribution >= 4 is 28.3 Å². The highest BCUT2D eigenvalue weighted by Gasteiger charge is 2.12. The number of likely N-dealkylation sites (N-methyl/N-ethyl adjacent to an activating group) is 1. The van der Waals surface area contributed by atoms with E-state index in [4.69, 9.17) is 0 Å². The van der Waals surface area contributed by atoms with Gasteiger partial charge in [-0.05, 0) is 49.2 Å². The van der Waals surface area contributed by atoms with Gasteiger partial charge in [0.25, 0.3) is 0 Å². The van der Waals surface area contributed by atoms with Gasteiger partial charge in [0.05, 0.1) is 12.1 Å². The Morgan fingerprint density at radius 2 is 1.88 bits per heavy atom. The number of benzene rings is 2. The van der Waals surface area contributed by atoms with Gasteiger partial charge in [-0.15, -0.1) is 0 Å². The minimum atomic E-state index is -0.0801. The van der Waals surface area contributed by atoms with Crippen molar-refractivity contribution < 1.29 is 4.79 Å². The number of rotatable bonds is 4. The molecule has 0 fully saturated rings. The Bertz CT molecular complexity index is 886. The lowest BCUT2D eigenvalue weighted by Gasteiger charge is -2.19. The van der Waals surface area contributed by atoms with Crippen molar-refractivity contribution in [1.29, 1.82) is 0 Å². The summed E-state index contributed by atoms with van der Waals surface area (Å²) in [5.74, 6) is 0.666. The fraction of sp³-hybridized carbons (Fsp3) is 0.211. The zero-order valence-electron chi connectivity index (χ0n) is 14.1. The van der Waals surface area contributed by atoms with Crippen LogP contribution >= 0.6 is 0 Å². The molecule has 0 saturated carbocycles. The number of nitrogens with one attached hydrogen (secondary N) is 1. The molecule has 1 N–H and O–H groups in total. The summed E-state index contributed by atoms with van der Waals surface area (Å²) in [6.07, 6.45) is 1.52. The molecule has 0 saturated heterocycles. The number of aryl methyl sites for hydroxylation is 2. The quantitative estimate of drug-likeness (QED) is 0.801. The maximum Gasteiger partial charge on any atom is 0.243 e. The van der Waals surface area contributed by atoms with Crippen LogP contribution in [0.1, 0.15) is 11.1 Å². The fourth-order valence-corrected chi connectivity index (χ4v) is 2.60. The van der Waals surface area contributed by atoms with Gasteiger partial charge in [-0.2, -0.15) is 0 Å². The van der Waals surface area contributed by atoms with Crippen molar-refractivity contribution in [2.75, 3.05) is 23.8 Å². The Labute approximate surface area is 141 Å². The van der Waals surface area contributed by atoms with Gasteiger partial charge in [0.2, 0.25) is 5.91 Å². The van der Waals surface area contributed by atoms with Gasteiger partial charge >= 0.3 is 0 Å². The van der Waals surface area contributed by atoms with Crippen LogP contribution in [0.15, 0.2) is 48.8 Å². The molecule has 0 aliphatic rings. The molecule has 3 rings (SSSR count). The largest absolute Gasteiger partial charge is 0.350 e. The van der Waals surface area contributed by atoms with E-state index in [0.717, 1.165) is 28.0 Å². The molecule has 0 aliphatic carbocycles. The molecule has 0 atom stereocenters. The van der Waals surface area contributed by atoms with Gasteiger partial charge in [-0.25, -0.2) is 9.97 Å². The van der Waals surface area contributed by atoms with E-state index in [9.17, 15) is 4.79 Å². The maximum absolute atomic E-state index is 12.3. The molecular weight excluding hydrogens is 300 g/mol. The monoisotopic (exact) mass is 320 g/mol. The van der Waals surface area contributed by atoms with Gasteiger partial charge in [0.1, 0.15) is 12.1 Å². The predicted octanol–water partition coefficient (Wildman–Crippen LogP) is 3.32. The average Bonchev–Trinajstić information content (AvgIpc) is 2.57. The van der Waals surface area contributed by atoms with Crippen LogP contribution in [0.25, 0.3) is 10.9 Å². The first-order valence-electron chi connectivity index (χ1n) is 7.82. The predicted molar refractivity (Wildman–Crippen MR) is 97.4 cm³/mol. The lowest BCUT2D eigenvalue weighted by atomic mass is 10.1. The van der Waals surface area contributed by atoms with E-state index in [1.165, 1.54) is 11.9 Å². The van der Waals surface area contributed by atoms with Crippen molar-refractivity contribution in [3.05, 3.63) is 59.9 Å². The molecule has 0 spiro atoms. The van der Waals surface area contributed by atoms with Crippen LogP contribution < -0.4 is 10.2 Å². The number of carbonyl (C=O) groups is 1. The second-order valence-electron chi connectivity index (χ2n) is 5.92. The smallest absolute Gasteiger partial charge is 0.243 e. The Morgan fingerprint density at radius 3 is 2.67 bits per heavy atom. The van der Waals surface area contributed by atoms with Gasteiger partial charge in [-0.1, -0.05) is 18.2 Å². The number of fused-ring (bicyclic) bond motifs is 1. The molecule has 24 heavy (non-hydrogen) atoms. The highest BCUT2D eigenvalue weighted by molar-refractivity contribution is 5.96. The van der Waals surface area contributed by atoms with Crippen molar-refractivity contribution in [2.24, 2.45) is 0 Å². The molecule has 0 unspecified atom stereocenters. The number of aromatic nitrogens is 2. The summed E-state index contributed by atoms with van der Waals surface area (Å²) in [7, 11) is 1.86. The standard InChI is InChI=1S/C19H20N4O/c1-13-8-9-15(10-14(13)2)22-18(24)11-23(3)19-16-6-4-5-7-17(16)20-12-21-19/h4-10,12H,11H2,1-3H3,(H,22,24). The fourth-order valence-electron chi connectivity index (χ4n) is 2.60. The first kappa shape index (κ1) is 15.9. The molecule has 0 aliphatic heterocycles. The van der Waals surface area contributed by atoms with Crippen LogP contribution in [0.2, 0.25) is 0 Å². The number of para-hydroxylation sites is 1. The molecule has 2 aromatic carbocycles. The van der Waals surface area contributed by atoms with E-state index in [1.807, 2.05) is 61.3 Å². The normalized spacial score (nSPS) is 10.6. The third kappa shape index (κ3) is 3.35. The number of hydrogen-bond donors (Lipinski definition) is 1. The Morgan fingerprint density at radius 1 is 1.08 bits per heavy atom. The Kier molecular flexibility index (Phi) is 4.42. The van der Waals surface area contributed by atoms with Crippen LogP contribution in [0, 0.1) is 13.8 Å². The lowest BCUT2D eigenvalue weighted by Crippen LogP contribution is -2.30. The summed E-state index contributed by atoms with van der Waals surface area (Å²) < 4.78 is 0. The zero-order chi connectivity index (χ0) is 17.1. The summed E-state index contributed by atoms with van der Waals surface area (Å²) in [4.78, 5) is 22.7. The van der Waals surface area contributed by atoms with Crippen molar-refractivity contribution in [2.45, 2.75) is 13.8 Å². The number of carbonyl (C=O) groups excluding carboxylic acids is 1. The minimum absolute atomic E-state index is 0.0801. The maximum atomic E-state index is 12.3. The van der Waals surface area contributed by atoms with Gasteiger partial charge < -0.3 is 10.2 Å². The third-order valence-corrected chi connectivity index (χ3v) is 4.05. The van der Waals surface area contributed by atoms with Crippen molar-refractivity contribution in [3.63, 3.8) is 0 Å². The van der Waals surface area contributed by atoms with Crippen LogP contribution in [-0.4, -0.2) is 29.5 Å². The number of anilines is 2. The number of amides is 1. The van der Waals surface area contributed by atoms with Gasteiger partial charge in [-0.3, -0.25) is 4.79 Å². The summed E-state index contributed by atoms with van der Waals surface area (Å²) in [6, 6.07) is 13.7. The van der Waals surface area contributed by atoms with Crippen molar-refractivity contribution in [3.8, 4) is 0 Å². The first-order valence-corrected chi connectivity index (χ1v) is 7.82. The number of nitrogens with zero attached hydrogens (tertiary/aromatic N) is 3. The van der Waals surface area contributed by atoms with E-state index < -0.39 is 0 Å². The Hall–Kier alpha value is -2.95. The Balaban J connectivity index is 1.74. The summed E-state index contributed by atoms with van der Waals surface area (Å²) in [6.45, 7) is 4.30. The topological polar surface area (TPSA) is 58.1 Å². The van der Waals surface area contributed by atoms with Crippen LogP contribution in [0.5, 0.6) is 0 Å². The summed E-state index contributed by atoms with van der Waals surface area (Å²) >= 11 is 0. The van der Waals surface area contributed by atoms with Crippen LogP contribution in [0.4, 0.5) is 11.5 Å². The zero-order valence-corrected chi connectivity index (χ0v) is 14.1. The highest BCUT2D eigenvalue weighted by Crippen LogP contribution is 2.21. The number of hydrogen-bond acceptors (Lipinski definition) is 4. The van der Waals surface area contributed by atoms with Gasteiger partial charge in [0, 0.05) is 18.1 Å². The third-order valence-electron chi connectivity index (χ3n) is 4.05. The molecular formula is C19H20N4O. The molecule has 5 nitrogen and oxygen atoms in total. The molecule has 3 aromatic rings. The van der Waals surface area contributed by atoms with E-state index in [0.29, 0.717) is 0 Å². The van der Waals surface area contributed by atoms with E-state index >= 15 is 0 Å². The average molecular weight is 320 g/mol. The molecule has 1 heterocycles. The van der Waals surface area contributed by atoms with Gasteiger partial charge in [0.15, 0.2) is 0 Å². The lowest BCUT2D eigenvalue weighted by molar-refractivity contribution is -0.114. The summed E-state index contributed by atoms with van der Waals surface area (Å²) in [5.41, 5.74) is 4.04. The molecule has 1 aromatic heterocycles. The van der Waals surface area contributed by atoms with E-state index in [2.05, 4.69) is 22.2 Å². The van der Waals surface area contributed by atoms with Crippen LogP contribution in [0.3, 0.4) is 0 Å². The molecule has 0 bridgehead atoms. The highest BCUT2D eigenvalue weighted by atomic mass is 16.2. The first-order chi connectivity index (χ1) is 11.5. The van der Waals surface area contributed by atoms with E-state index in [1.54, 1.807) is 0 Å². The van der Waals surface area contributed by atoms with Crippen LogP contribution in [-0.2, 0) is 4.79 Å².